The second-order valence-corrected chi connectivity index (χ2v) is 7.72. The third-order valence-electron chi connectivity index (χ3n) is 5.33. The number of carbonyl (C=O) groups is 1. The molecule has 1 heterocycles. The summed E-state index contributed by atoms with van der Waals surface area (Å²) in [5, 5.41) is 10.0. The lowest BCUT2D eigenvalue weighted by molar-refractivity contribution is -0.138. The Morgan fingerprint density at radius 3 is 2.45 bits per heavy atom. The molecule has 8 heteroatoms. The van der Waals surface area contributed by atoms with Crippen molar-refractivity contribution in [3.05, 3.63) is 83.6 Å². The molecule has 0 aliphatic rings. The van der Waals surface area contributed by atoms with Gasteiger partial charge in [0.2, 0.25) is 0 Å². The number of anilines is 1. The first kappa shape index (κ1) is 22.3. The first-order valence-electron chi connectivity index (χ1n) is 10.2. The van der Waals surface area contributed by atoms with Crippen LogP contribution >= 0.6 is 0 Å². The van der Waals surface area contributed by atoms with Crippen molar-refractivity contribution in [2.24, 2.45) is 0 Å². The fourth-order valence-electron chi connectivity index (χ4n) is 3.65. The van der Waals surface area contributed by atoms with Crippen LogP contribution in [0.1, 0.15) is 23.1 Å². The van der Waals surface area contributed by atoms with Crippen LogP contribution in [-0.2, 0) is 24.0 Å². The van der Waals surface area contributed by atoms with Crippen molar-refractivity contribution in [3.63, 3.8) is 0 Å². The Bertz CT molecular complexity index is 1290. The van der Waals surface area contributed by atoms with E-state index >= 15 is 0 Å². The van der Waals surface area contributed by atoms with E-state index in [4.69, 9.17) is 15.6 Å². The summed E-state index contributed by atoms with van der Waals surface area (Å²) in [6, 6.07) is 16.0. The van der Waals surface area contributed by atoms with Crippen LogP contribution < -0.4 is 10.5 Å². The Balaban J connectivity index is 1.67. The van der Waals surface area contributed by atoms with Gasteiger partial charge in [0.05, 0.1) is 11.3 Å². The fourth-order valence-corrected chi connectivity index (χ4v) is 3.65. The van der Waals surface area contributed by atoms with Gasteiger partial charge in [-0.25, -0.2) is 0 Å². The molecule has 33 heavy (non-hydrogen) atoms. The van der Waals surface area contributed by atoms with Crippen LogP contribution in [0.3, 0.4) is 0 Å². The van der Waals surface area contributed by atoms with Crippen LogP contribution in [0.15, 0.2) is 66.9 Å². The number of fused-ring (bicyclic) bond motifs is 1. The second-order valence-electron chi connectivity index (χ2n) is 7.72. The number of nitrogens with two attached hydrogens (primary N) is 1. The lowest BCUT2D eigenvalue weighted by Gasteiger charge is -2.17. The van der Waals surface area contributed by atoms with Gasteiger partial charge < -0.3 is 20.6 Å². The number of alkyl halides is 3. The number of carboxylic acids is 1. The molecule has 4 aromatic rings. The fraction of sp³-hybridized carbons (Fsp3) is 0.160. The standard InChI is InChI=1S/C25H21F3N2O3/c26-25(27,28)19-5-1-15(2-6-19)14-33-24-20(11-16(12-21(24)29)3-8-23(31)32)17-4-7-22-18(13-17)9-10-30-22/h1-2,4-7,9-13,30H,3,8,14,29H2,(H,31,32). The zero-order valence-electron chi connectivity index (χ0n) is 17.4. The third kappa shape index (κ3) is 5.11. The summed E-state index contributed by atoms with van der Waals surface area (Å²) in [5.74, 6) is -0.518. The van der Waals surface area contributed by atoms with Crippen molar-refractivity contribution < 1.29 is 27.8 Å². The summed E-state index contributed by atoms with van der Waals surface area (Å²) in [6.45, 7) is 0.0240. The van der Waals surface area contributed by atoms with Crippen molar-refractivity contribution in [1.29, 1.82) is 0 Å². The van der Waals surface area contributed by atoms with E-state index in [0.717, 1.165) is 34.2 Å². The van der Waals surface area contributed by atoms with Crippen LogP contribution in [0.4, 0.5) is 18.9 Å². The number of ether oxygens (including phenoxy) is 1. The van der Waals surface area contributed by atoms with Crippen LogP contribution in [0.5, 0.6) is 5.75 Å². The van der Waals surface area contributed by atoms with Crippen LogP contribution in [-0.4, -0.2) is 16.1 Å². The van der Waals surface area contributed by atoms with E-state index < -0.39 is 17.7 Å². The van der Waals surface area contributed by atoms with Crippen molar-refractivity contribution in [1.82, 2.24) is 4.98 Å². The number of nitrogens with one attached hydrogen (secondary N) is 1. The molecule has 0 radical (unpaired) electrons. The minimum atomic E-state index is -4.40. The second kappa shape index (κ2) is 8.90. The molecule has 4 rings (SSSR count). The number of rotatable bonds is 7. The molecule has 0 saturated carbocycles. The smallest absolute Gasteiger partial charge is 0.416 e. The number of benzene rings is 3. The van der Waals surface area contributed by atoms with E-state index in [0.29, 0.717) is 29.0 Å². The Hall–Kier alpha value is -3.94. The SMILES string of the molecule is Nc1cc(CCC(=O)O)cc(-c2ccc3[nH]ccc3c2)c1OCc1ccc(C(F)(F)F)cc1. The highest BCUT2D eigenvalue weighted by atomic mass is 19.4. The van der Waals surface area contributed by atoms with Gasteiger partial charge >= 0.3 is 12.1 Å². The number of aromatic amines is 1. The highest BCUT2D eigenvalue weighted by molar-refractivity contribution is 5.88. The summed E-state index contributed by atoms with van der Waals surface area (Å²) in [4.78, 5) is 14.1. The Labute approximate surface area is 187 Å². The van der Waals surface area contributed by atoms with E-state index in [1.54, 1.807) is 6.07 Å². The van der Waals surface area contributed by atoms with Gasteiger partial charge in [-0.2, -0.15) is 13.2 Å². The quantitative estimate of drug-likeness (QED) is 0.298. The van der Waals surface area contributed by atoms with Gasteiger partial charge in [-0.15, -0.1) is 0 Å². The lowest BCUT2D eigenvalue weighted by Crippen LogP contribution is -2.06. The molecule has 5 nitrogen and oxygen atoms in total. The molecule has 0 fully saturated rings. The van der Waals surface area contributed by atoms with Crippen molar-refractivity contribution in [2.45, 2.75) is 25.6 Å². The largest absolute Gasteiger partial charge is 0.486 e. The normalized spacial score (nSPS) is 11.6. The summed E-state index contributed by atoms with van der Waals surface area (Å²) in [6.07, 6.45) is -2.31. The van der Waals surface area contributed by atoms with Crippen LogP contribution in [0.25, 0.3) is 22.0 Å². The number of halogens is 3. The maximum Gasteiger partial charge on any atom is 0.416 e. The predicted molar refractivity (Wildman–Crippen MR) is 120 cm³/mol. The van der Waals surface area contributed by atoms with Crippen LogP contribution in [0.2, 0.25) is 0 Å². The number of H-pyrrole nitrogens is 1. The van der Waals surface area contributed by atoms with E-state index in [1.807, 2.05) is 36.5 Å². The average molecular weight is 454 g/mol. The first-order chi connectivity index (χ1) is 15.7. The van der Waals surface area contributed by atoms with Gasteiger partial charge in [-0.05, 0) is 71.0 Å². The molecule has 0 bridgehead atoms. The van der Waals surface area contributed by atoms with Gasteiger partial charge in [0.1, 0.15) is 6.61 Å². The minimum absolute atomic E-state index is 0.0240. The molecule has 0 spiro atoms. The van der Waals surface area contributed by atoms with Gasteiger partial charge in [-0.3, -0.25) is 4.79 Å². The van der Waals surface area contributed by atoms with Gasteiger partial charge in [0.15, 0.2) is 5.75 Å². The van der Waals surface area contributed by atoms with E-state index in [9.17, 15) is 18.0 Å². The molecule has 0 aliphatic heterocycles. The maximum atomic E-state index is 12.8. The number of aryl methyl sites for hydroxylation is 1. The predicted octanol–water partition coefficient (Wildman–Crippen LogP) is 6.03. The van der Waals surface area contributed by atoms with E-state index in [-0.39, 0.29) is 13.0 Å². The van der Waals surface area contributed by atoms with Gasteiger partial charge in [0.25, 0.3) is 0 Å². The van der Waals surface area contributed by atoms with E-state index in [1.165, 1.54) is 12.1 Å². The number of aromatic nitrogens is 1. The van der Waals surface area contributed by atoms with Crippen LogP contribution in [0, 0.1) is 0 Å². The topological polar surface area (TPSA) is 88.3 Å². The van der Waals surface area contributed by atoms with E-state index in [2.05, 4.69) is 4.98 Å². The summed E-state index contributed by atoms with van der Waals surface area (Å²) >= 11 is 0. The molecule has 1 aromatic heterocycles. The minimum Gasteiger partial charge on any atom is -0.486 e. The van der Waals surface area contributed by atoms with Crippen molar-refractivity contribution >= 4 is 22.6 Å². The summed E-state index contributed by atoms with van der Waals surface area (Å²) in [5.41, 5.74) is 9.66. The first-order valence-corrected chi connectivity index (χ1v) is 10.2. The zero-order valence-corrected chi connectivity index (χ0v) is 17.4. The molecule has 0 saturated heterocycles. The molecule has 0 atom stereocenters. The summed E-state index contributed by atoms with van der Waals surface area (Å²) < 4.78 is 44.4. The number of aliphatic carboxylic acids is 1. The molecular formula is C25H21F3N2O3. The van der Waals surface area contributed by atoms with Gasteiger partial charge in [-0.1, -0.05) is 18.2 Å². The number of hydrogen-bond donors (Lipinski definition) is 3. The molecule has 0 unspecified atom stereocenters. The number of hydrogen-bond acceptors (Lipinski definition) is 3. The molecular weight excluding hydrogens is 433 g/mol. The highest BCUT2D eigenvalue weighted by Gasteiger charge is 2.30. The average Bonchev–Trinajstić information content (AvgIpc) is 3.24. The zero-order chi connectivity index (χ0) is 23.6. The van der Waals surface area contributed by atoms with Gasteiger partial charge in [0, 0.05) is 23.7 Å². The molecule has 3 aromatic carbocycles. The highest BCUT2D eigenvalue weighted by Crippen LogP contribution is 2.38. The Kier molecular flexibility index (Phi) is 6.00. The number of nitrogen functional groups attached to an aromatic ring is 1. The monoisotopic (exact) mass is 454 g/mol. The molecule has 170 valence electrons. The Morgan fingerprint density at radius 1 is 1.00 bits per heavy atom. The summed E-state index contributed by atoms with van der Waals surface area (Å²) in [7, 11) is 0. The van der Waals surface area contributed by atoms with Crippen molar-refractivity contribution in [3.8, 4) is 16.9 Å². The maximum absolute atomic E-state index is 12.8. The van der Waals surface area contributed by atoms with Crippen molar-refractivity contribution in [2.75, 3.05) is 5.73 Å². The lowest BCUT2D eigenvalue weighted by atomic mass is 9.97. The molecule has 0 aliphatic carbocycles. The number of carboxylic acid groups (broad SMARTS) is 1. The Morgan fingerprint density at radius 2 is 1.76 bits per heavy atom. The third-order valence-corrected chi connectivity index (χ3v) is 5.33. The molecule has 4 N–H and O–H groups in total. The molecule has 0 amide bonds.